The Hall–Kier alpha value is 0.480. The average Bonchev–Trinajstić information content (AvgIpc) is 1.76. The van der Waals surface area contributed by atoms with Gasteiger partial charge in [-0.25, -0.2) is 0 Å². The molecule has 1 aromatic rings. The van der Waals surface area contributed by atoms with Gasteiger partial charge in [0.05, 0.1) is 0 Å². The Morgan fingerprint density at radius 2 is 1.43 bits per heavy atom. The topological polar surface area (TPSA) is 0 Å². The smallest absolute Gasteiger partial charge is 0.00934 e. The predicted molar refractivity (Wildman–Crippen MR) is 45.8 cm³/mol. The van der Waals surface area contributed by atoms with E-state index >= 15 is 0 Å². The first-order chi connectivity index (χ1) is 2.50. The highest BCUT2D eigenvalue weighted by atomic mass is 32.1. The highest BCUT2D eigenvalue weighted by molar-refractivity contribution is 7.59. The molecule has 0 saturated carbocycles. The average molecular weight is 152 g/mol. The second-order valence-corrected chi connectivity index (χ2v) is 1.61. The van der Waals surface area contributed by atoms with E-state index < -0.39 is 0 Å². The van der Waals surface area contributed by atoms with Crippen LogP contribution in [0.2, 0.25) is 0 Å². The molecule has 3 heteroatoms. The van der Waals surface area contributed by atoms with Crippen molar-refractivity contribution in [2.75, 3.05) is 0 Å². The third-order valence-electron chi connectivity index (χ3n) is 0.425. The molecule has 0 radical (unpaired) electrons. The van der Waals surface area contributed by atoms with Crippen LogP contribution in [0.3, 0.4) is 0 Å². The van der Waals surface area contributed by atoms with Gasteiger partial charge < -0.3 is 0 Å². The molecule has 1 aromatic heterocycles. The molecule has 7 heavy (non-hydrogen) atoms. The minimum Gasteiger partial charge on any atom is -0.197 e. The lowest BCUT2D eigenvalue weighted by Crippen LogP contribution is -1.16. The summed E-state index contributed by atoms with van der Waals surface area (Å²) in [6.07, 6.45) is 0. The van der Waals surface area contributed by atoms with E-state index in [-0.39, 0.29) is 23.4 Å². The summed E-state index contributed by atoms with van der Waals surface area (Å²) in [7, 11) is 0. The molecule has 1 heterocycles. The van der Waals surface area contributed by atoms with Gasteiger partial charge in [-0.2, -0.15) is 34.7 Å². The molecule has 0 aliphatic heterocycles. The Labute approximate surface area is 58.0 Å². The molecule has 42 valence electrons. The van der Waals surface area contributed by atoms with Crippen LogP contribution in [0.25, 0.3) is 0 Å². The van der Waals surface area contributed by atoms with Gasteiger partial charge in [0.15, 0.2) is 0 Å². The van der Waals surface area contributed by atoms with Crippen LogP contribution in [-0.2, 0) is 0 Å². The van der Waals surface area contributed by atoms with E-state index in [1.807, 2.05) is 22.9 Å². The van der Waals surface area contributed by atoms with Crippen LogP contribution >= 0.6 is 34.7 Å². The molecular formula is C4H9PS2. The molecule has 0 saturated heterocycles. The number of hydrogen-bond donors (Lipinski definition) is 0. The zero-order chi connectivity index (χ0) is 3.54. The summed E-state index contributed by atoms with van der Waals surface area (Å²) in [5, 5.41) is 4.08. The van der Waals surface area contributed by atoms with Crippen molar-refractivity contribution in [2.24, 2.45) is 0 Å². The van der Waals surface area contributed by atoms with Crippen molar-refractivity contribution in [3.8, 4) is 0 Å². The summed E-state index contributed by atoms with van der Waals surface area (Å²) in [5.74, 6) is 0. The molecule has 0 nitrogen and oxygen atoms in total. The first-order valence-corrected chi connectivity index (χ1v) is 2.41. The lowest BCUT2D eigenvalue weighted by atomic mass is 10.7. The van der Waals surface area contributed by atoms with E-state index in [2.05, 4.69) is 0 Å². The third-order valence-corrected chi connectivity index (χ3v) is 1.05. The normalized spacial score (nSPS) is 5.71. The molecule has 0 aliphatic rings. The molecule has 1 unspecified atom stereocenters. The van der Waals surface area contributed by atoms with E-state index in [1.54, 1.807) is 11.3 Å². The Morgan fingerprint density at radius 1 is 1.00 bits per heavy atom. The van der Waals surface area contributed by atoms with Crippen LogP contribution in [0.5, 0.6) is 0 Å². The zero-order valence-electron chi connectivity index (χ0n) is 3.92. The predicted octanol–water partition coefficient (Wildman–Crippen LogP) is 1.92. The van der Waals surface area contributed by atoms with Crippen molar-refractivity contribution in [3.05, 3.63) is 22.9 Å². The molecule has 1 atom stereocenters. The Kier molecular flexibility index (Phi) is 9.68. The minimum absolute atomic E-state index is 0. The molecule has 0 spiro atoms. The molecular weight excluding hydrogens is 143 g/mol. The molecule has 0 bridgehead atoms. The maximum absolute atomic E-state index is 2.04. The monoisotopic (exact) mass is 152 g/mol. The fourth-order valence-corrected chi connectivity index (χ4v) is 0.680. The van der Waals surface area contributed by atoms with Gasteiger partial charge in [0.25, 0.3) is 0 Å². The standard InChI is InChI=1S/C4H4S.H3P.H2S/c1-2-4-5-3-1;;/h1-4H;1H3;1H2. The second-order valence-electron chi connectivity index (χ2n) is 0.793. The van der Waals surface area contributed by atoms with Crippen LogP contribution in [-0.4, -0.2) is 0 Å². The summed E-state index contributed by atoms with van der Waals surface area (Å²) < 4.78 is 0. The van der Waals surface area contributed by atoms with Crippen LogP contribution < -0.4 is 0 Å². The van der Waals surface area contributed by atoms with Crippen molar-refractivity contribution in [1.82, 2.24) is 0 Å². The maximum Gasteiger partial charge on any atom is -0.00934 e. The minimum atomic E-state index is 0. The Bertz CT molecular complexity index is 66.2. The summed E-state index contributed by atoms with van der Waals surface area (Å²) in [5.41, 5.74) is 0. The quantitative estimate of drug-likeness (QED) is 0.498. The summed E-state index contributed by atoms with van der Waals surface area (Å²) in [4.78, 5) is 0. The Morgan fingerprint density at radius 3 is 1.57 bits per heavy atom. The van der Waals surface area contributed by atoms with Gasteiger partial charge in [0.2, 0.25) is 0 Å². The summed E-state index contributed by atoms with van der Waals surface area (Å²) in [6.45, 7) is 0. The lowest BCUT2D eigenvalue weighted by Gasteiger charge is -1.39. The van der Waals surface area contributed by atoms with E-state index in [0.717, 1.165) is 0 Å². The van der Waals surface area contributed by atoms with Gasteiger partial charge in [-0.05, 0) is 10.8 Å². The van der Waals surface area contributed by atoms with Crippen molar-refractivity contribution in [2.45, 2.75) is 0 Å². The molecule has 0 N–H and O–H groups in total. The zero-order valence-corrected chi connectivity index (χ0v) is 7.16. The second kappa shape index (κ2) is 6.48. The van der Waals surface area contributed by atoms with E-state index in [9.17, 15) is 0 Å². The first kappa shape index (κ1) is 10.5. The van der Waals surface area contributed by atoms with Crippen LogP contribution in [0.15, 0.2) is 22.9 Å². The number of rotatable bonds is 0. The molecule has 0 fully saturated rings. The van der Waals surface area contributed by atoms with E-state index in [0.29, 0.717) is 0 Å². The van der Waals surface area contributed by atoms with Crippen molar-refractivity contribution in [1.29, 1.82) is 0 Å². The molecule has 1 rings (SSSR count). The third kappa shape index (κ3) is 4.33. The molecule has 0 aromatic carbocycles. The van der Waals surface area contributed by atoms with Gasteiger partial charge in [0, 0.05) is 0 Å². The highest BCUT2D eigenvalue weighted by Crippen LogP contribution is 1.91. The lowest BCUT2D eigenvalue weighted by molar-refractivity contribution is 2.03. The Balaban J connectivity index is 0. The fraction of sp³-hybridized carbons (Fsp3) is 0. The largest absolute Gasteiger partial charge is 0.197 e. The van der Waals surface area contributed by atoms with Crippen LogP contribution in [0, 0.1) is 0 Å². The van der Waals surface area contributed by atoms with Gasteiger partial charge in [-0.1, -0.05) is 12.1 Å². The molecule has 0 amide bonds. The fourth-order valence-electron chi connectivity index (χ4n) is 0.227. The van der Waals surface area contributed by atoms with Crippen molar-refractivity contribution < 1.29 is 0 Å². The number of hydrogen-bond acceptors (Lipinski definition) is 1. The van der Waals surface area contributed by atoms with Gasteiger partial charge >= 0.3 is 0 Å². The molecule has 0 aliphatic carbocycles. The van der Waals surface area contributed by atoms with E-state index in [4.69, 9.17) is 0 Å². The number of thiophene rings is 1. The van der Waals surface area contributed by atoms with Gasteiger partial charge in [-0.15, -0.1) is 0 Å². The highest BCUT2D eigenvalue weighted by Gasteiger charge is 1.58. The van der Waals surface area contributed by atoms with Gasteiger partial charge in [-0.3, -0.25) is 0 Å². The van der Waals surface area contributed by atoms with E-state index in [1.165, 1.54) is 0 Å². The van der Waals surface area contributed by atoms with Crippen molar-refractivity contribution in [3.63, 3.8) is 0 Å². The first-order valence-electron chi connectivity index (χ1n) is 1.47. The van der Waals surface area contributed by atoms with Crippen LogP contribution in [0.4, 0.5) is 0 Å². The summed E-state index contributed by atoms with van der Waals surface area (Å²) >= 11 is 1.71. The SMILES string of the molecule is P.S.c1ccsc1. The van der Waals surface area contributed by atoms with Gasteiger partial charge in [0.1, 0.15) is 0 Å². The summed E-state index contributed by atoms with van der Waals surface area (Å²) in [6, 6.07) is 4.04. The maximum atomic E-state index is 2.04. The van der Waals surface area contributed by atoms with Crippen molar-refractivity contribution >= 4 is 34.7 Å². The van der Waals surface area contributed by atoms with Crippen LogP contribution in [0.1, 0.15) is 0 Å².